The standard InChI is InChI=1S/C23H31N3O/c1-3-22(21-11-9-19(2)10-12-21)24-23(27)18-26-15-13-25(14-16-26)17-20-7-5-4-6-8-20/h4-12,22H,3,13-18H2,1-2H3,(H,24,27)/p+2/t22-/m0/s1. The first-order valence-corrected chi connectivity index (χ1v) is 10.2. The van der Waals surface area contributed by atoms with E-state index in [1.807, 2.05) is 0 Å². The van der Waals surface area contributed by atoms with Gasteiger partial charge in [-0.2, -0.15) is 0 Å². The zero-order chi connectivity index (χ0) is 19.1. The first-order chi connectivity index (χ1) is 13.1. The summed E-state index contributed by atoms with van der Waals surface area (Å²) in [5.41, 5.74) is 3.85. The van der Waals surface area contributed by atoms with Gasteiger partial charge in [-0.15, -0.1) is 0 Å². The first kappa shape index (κ1) is 19.6. The van der Waals surface area contributed by atoms with Crippen LogP contribution in [0.3, 0.4) is 0 Å². The molecule has 0 aliphatic carbocycles. The number of hydrogen-bond acceptors (Lipinski definition) is 1. The molecule has 1 fully saturated rings. The van der Waals surface area contributed by atoms with Gasteiger partial charge in [-0.1, -0.05) is 67.1 Å². The Morgan fingerprint density at radius 2 is 1.59 bits per heavy atom. The molecule has 3 N–H and O–H groups in total. The summed E-state index contributed by atoms with van der Waals surface area (Å²) in [7, 11) is 0. The van der Waals surface area contributed by atoms with Crippen molar-refractivity contribution in [3.8, 4) is 0 Å². The number of benzene rings is 2. The van der Waals surface area contributed by atoms with Crippen LogP contribution >= 0.6 is 0 Å². The number of quaternary nitrogens is 2. The molecule has 1 heterocycles. The highest BCUT2D eigenvalue weighted by atomic mass is 16.2. The molecule has 0 aromatic heterocycles. The molecule has 1 amide bonds. The maximum absolute atomic E-state index is 12.6. The third kappa shape index (κ3) is 5.91. The monoisotopic (exact) mass is 367 g/mol. The van der Waals surface area contributed by atoms with Crippen LogP contribution in [-0.2, 0) is 11.3 Å². The summed E-state index contributed by atoms with van der Waals surface area (Å²) >= 11 is 0. The Balaban J connectivity index is 1.44. The third-order valence-corrected chi connectivity index (χ3v) is 5.59. The Bertz CT molecular complexity index is 706. The van der Waals surface area contributed by atoms with Crippen molar-refractivity contribution in [2.45, 2.75) is 32.9 Å². The fourth-order valence-electron chi connectivity index (χ4n) is 3.89. The number of aryl methyl sites for hydroxylation is 1. The van der Waals surface area contributed by atoms with E-state index in [0.717, 1.165) is 39.1 Å². The number of nitrogens with one attached hydrogen (secondary N) is 3. The molecule has 2 aromatic carbocycles. The van der Waals surface area contributed by atoms with Gasteiger partial charge in [-0.3, -0.25) is 4.79 Å². The second-order valence-electron chi connectivity index (χ2n) is 7.78. The molecule has 0 spiro atoms. The summed E-state index contributed by atoms with van der Waals surface area (Å²) in [5.74, 6) is 0.170. The lowest BCUT2D eigenvalue weighted by molar-refractivity contribution is -1.02. The minimum atomic E-state index is 0.113. The zero-order valence-corrected chi connectivity index (χ0v) is 16.6. The second-order valence-corrected chi connectivity index (χ2v) is 7.78. The number of carbonyl (C=O) groups is 1. The van der Waals surface area contributed by atoms with Gasteiger partial charge in [0.2, 0.25) is 0 Å². The summed E-state index contributed by atoms with van der Waals surface area (Å²) in [6, 6.07) is 19.3. The SMILES string of the molecule is CC[C@H](NC(=O)C[NH+]1CC[NH+](Cc2ccccc2)CC1)c1ccc(C)cc1. The molecule has 0 unspecified atom stereocenters. The normalized spacial score (nSPS) is 20.8. The first-order valence-electron chi connectivity index (χ1n) is 10.2. The molecule has 27 heavy (non-hydrogen) atoms. The minimum absolute atomic E-state index is 0.113. The lowest BCUT2D eigenvalue weighted by Gasteiger charge is -2.29. The summed E-state index contributed by atoms with van der Waals surface area (Å²) in [6.07, 6.45) is 0.916. The molecule has 2 aromatic rings. The van der Waals surface area contributed by atoms with Crippen LogP contribution in [0.1, 0.15) is 36.1 Å². The molecule has 1 aliphatic rings. The van der Waals surface area contributed by atoms with Gasteiger partial charge in [0.25, 0.3) is 5.91 Å². The lowest BCUT2D eigenvalue weighted by atomic mass is 10.0. The molecule has 1 saturated heterocycles. The Labute approximate surface area is 163 Å². The Hall–Kier alpha value is -2.17. The quantitative estimate of drug-likeness (QED) is 0.657. The van der Waals surface area contributed by atoms with Crippen molar-refractivity contribution < 1.29 is 14.6 Å². The van der Waals surface area contributed by atoms with Crippen LogP contribution < -0.4 is 15.1 Å². The molecular weight excluding hydrogens is 334 g/mol. The van der Waals surface area contributed by atoms with Crippen LogP contribution in [0.15, 0.2) is 54.6 Å². The molecule has 0 saturated carbocycles. The van der Waals surface area contributed by atoms with Crippen molar-refractivity contribution in [1.82, 2.24) is 5.32 Å². The van der Waals surface area contributed by atoms with E-state index in [2.05, 4.69) is 73.8 Å². The fraction of sp³-hybridized carbons (Fsp3) is 0.435. The van der Waals surface area contributed by atoms with E-state index < -0.39 is 0 Å². The van der Waals surface area contributed by atoms with Crippen LogP contribution in [0.4, 0.5) is 0 Å². The highest BCUT2D eigenvalue weighted by Gasteiger charge is 2.25. The van der Waals surface area contributed by atoms with Gasteiger partial charge in [0, 0.05) is 5.56 Å². The number of piperazine rings is 1. The molecule has 4 heteroatoms. The molecular formula is C23H33N3O+2. The van der Waals surface area contributed by atoms with Crippen molar-refractivity contribution in [3.05, 3.63) is 71.3 Å². The smallest absolute Gasteiger partial charge is 0.275 e. The lowest BCUT2D eigenvalue weighted by Crippen LogP contribution is -3.28. The van der Waals surface area contributed by atoms with Crippen molar-refractivity contribution in [3.63, 3.8) is 0 Å². The van der Waals surface area contributed by atoms with Gasteiger partial charge in [0.15, 0.2) is 6.54 Å². The topological polar surface area (TPSA) is 38.0 Å². The van der Waals surface area contributed by atoms with E-state index in [4.69, 9.17) is 0 Å². The van der Waals surface area contributed by atoms with E-state index in [1.165, 1.54) is 21.6 Å². The Morgan fingerprint density at radius 1 is 0.963 bits per heavy atom. The highest BCUT2D eigenvalue weighted by molar-refractivity contribution is 5.77. The second kappa shape index (κ2) is 9.67. The van der Waals surface area contributed by atoms with Gasteiger partial charge in [0.1, 0.15) is 32.7 Å². The van der Waals surface area contributed by atoms with Gasteiger partial charge in [-0.25, -0.2) is 0 Å². The summed E-state index contributed by atoms with van der Waals surface area (Å²) < 4.78 is 0. The van der Waals surface area contributed by atoms with Crippen molar-refractivity contribution >= 4 is 5.91 Å². The van der Waals surface area contributed by atoms with Crippen LogP contribution in [0.5, 0.6) is 0 Å². The van der Waals surface area contributed by atoms with Gasteiger partial charge >= 0.3 is 0 Å². The number of rotatable bonds is 7. The summed E-state index contributed by atoms with van der Waals surface area (Å²) in [6.45, 7) is 10.3. The van der Waals surface area contributed by atoms with Gasteiger partial charge < -0.3 is 15.1 Å². The van der Waals surface area contributed by atoms with E-state index in [1.54, 1.807) is 4.90 Å². The van der Waals surface area contributed by atoms with Gasteiger partial charge in [-0.05, 0) is 18.9 Å². The number of hydrogen-bond donors (Lipinski definition) is 3. The average molecular weight is 368 g/mol. The van der Waals surface area contributed by atoms with E-state index in [-0.39, 0.29) is 11.9 Å². The van der Waals surface area contributed by atoms with Crippen LogP contribution in [0, 0.1) is 6.92 Å². The molecule has 0 bridgehead atoms. The van der Waals surface area contributed by atoms with Crippen molar-refractivity contribution in [2.75, 3.05) is 32.7 Å². The number of amides is 1. The number of carbonyl (C=O) groups excluding carboxylic acids is 1. The van der Waals surface area contributed by atoms with Gasteiger partial charge in [0.05, 0.1) is 6.04 Å². The Kier molecular flexibility index (Phi) is 7.02. The molecule has 0 radical (unpaired) electrons. The third-order valence-electron chi connectivity index (χ3n) is 5.59. The van der Waals surface area contributed by atoms with Crippen LogP contribution in [0.25, 0.3) is 0 Å². The van der Waals surface area contributed by atoms with Crippen molar-refractivity contribution in [1.29, 1.82) is 0 Å². The zero-order valence-electron chi connectivity index (χ0n) is 16.6. The summed E-state index contributed by atoms with van der Waals surface area (Å²) in [4.78, 5) is 15.6. The Morgan fingerprint density at radius 3 is 2.22 bits per heavy atom. The predicted molar refractivity (Wildman–Crippen MR) is 109 cm³/mol. The molecule has 4 nitrogen and oxygen atoms in total. The molecule has 144 valence electrons. The maximum atomic E-state index is 12.6. The van der Waals surface area contributed by atoms with E-state index in [9.17, 15) is 4.79 Å². The maximum Gasteiger partial charge on any atom is 0.275 e. The summed E-state index contributed by atoms with van der Waals surface area (Å²) in [5, 5.41) is 3.23. The van der Waals surface area contributed by atoms with Crippen LogP contribution in [0.2, 0.25) is 0 Å². The molecule has 1 aliphatic heterocycles. The molecule has 3 rings (SSSR count). The molecule has 1 atom stereocenters. The van der Waals surface area contributed by atoms with Crippen molar-refractivity contribution in [2.24, 2.45) is 0 Å². The van der Waals surface area contributed by atoms with E-state index >= 15 is 0 Å². The highest BCUT2D eigenvalue weighted by Crippen LogP contribution is 2.16. The fourth-order valence-corrected chi connectivity index (χ4v) is 3.89. The average Bonchev–Trinajstić information content (AvgIpc) is 2.69. The van der Waals surface area contributed by atoms with E-state index in [0.29, 0.717) is 6.54 Å². The largest absolute Gasteiger partial charge is 0.344 e. The minimum Gasteiger partial charge on any atom is -0.344 e. The van der Waals surface area contributed by atoms with Crippen LogP contribution in [-0.4, -0.2) is 38.6 Å². The predicted octanol–water partition coefficient (Wildman–Crippen LogP) is 0.546.